The van der Waals surface area contributed by atoms with Crippen LogP contribution in [-0.4, -0.2) is 16.9 Å². The molecule has 5 heteroatoms. The van der Waals surface area contributed by atoms with Crippen LogP contribution in [0.3, 0.4) is 0 Å². The maximum Gasteiger partial charge on any atom is 0.251 e. The second-order valence-corrected chi connectivity index (χ2v) is 6.07. The van der Waals surface area contributed by atoms with Gasteiger partial charge in [0.15, 0.2) is 0 Å². The number of para-hydroxylation sites is 2. The lowest BCUT2D eigenvalue weighted by Gasteiger charge is -2.19. The van der Waals surface area contributed by atoms with Crippen molar-refractivity contribution < 1.29 is 14.7 Å². The zero-order valence-corrected chi connectivity index (χ0v) is 14.6. The van der Waals surface area contributed by atoms with E-state index in [0.717, 1.165) is 5.56 Å². The molecule has 3 N–H and O–H groups in total. The van der Waals surface area contributed by atoms with Gasteiger partial charge in [0.25, 0.3) is 5.91 Å². The summed E-state index contributed by atoms with van der Waals surface area (Å²) < 4.78 is 0. The van der Waals surface area contributed by atoms with Crippen LogP contribution in [0, 0.1) is 0 Å². The van der Waals surface area contributed by atoms with Crippen molar-refractivity contribution in [1.82, 2.24) is 5.32 Å². The van der Waals surface area contributed by atoms with Crippen molar-refractivity contribution in [3.63, 3.8) is 0 Å². The van der Waals surface area contributed by atoms with Gasteiger partial charge in [-0.1, -0.05) is 60.7 Å². The Morgan fingerprint density at radius 2 is 1.41 bits per heavy atom. The van der Waals surface area contributed by atoms with Crippen LogP contribution in [-0.2, 0) is 4.79 Å². The quantitative estimate of drug-likeness (QED) is 0.584. The van der Waals surface area contributed by atoms with Crippen LogP contribution in [0.2, 0.25) is 0 Å². The second-order valence-electron chi connectivity index (χ2n) is 6.07. The fraction of sp³-hybridized carbons (Fsp3) is 0.0909. The third kappa shape index (κ3) is 4.95. The number of aromatic hydroxyl groups is 1. The summed E-state index contributed by atoms with van der Waals surface area (Å²) in [7, 11) is 0. The van der Waals surface area contributed by atoms with Crippen LogP contribution < -0.4 is 10.6 Å². The number of amides is 2. The van der Waals surface area contributed by atoms with E-state index in [9.17, 15) is 14.7 Å². The van der Waals surface area contributed by atoms with Gasteiger partial charge in [0.05, 0.1) is 18.2 Å². The van der Waals surface area contributed by atoms with E-state index in [0.29, 0.717) is 11.3 Å². The molecule has 136 valence electrons. The molecule has 3 aromatic carbocycles. The minimum atomic E-state index is -0.496. The Balaban J connectivity index is 1.75. The van der Waals surface area contributed by atoms with E-state index in [1.54, 1.807) is 42.5 Å². The molecule has 0 bridgehead atoms. The first-order chi connectivity index (χ1) is 13.1. The van der Waals surface area contributed by atoms with E-state index < -0.39 is 6.04 Å². The van der Waals surface area contributed by atoms with Crippen molar-refractivity contribution in [2.75, 3.05) is 5.32 Å². The second kappa shape index (κ2) is 8.67. The maximum absolute atomic E-state index is 12.5. The number of carbonyl (C=O) groups is 2. The summed E-state index contributed by atoms with van der Waals surface area (Å²) in [6, 6.07) is 24.2. The summed E-state index contributed by atoms with van der Waals surface area (Å²) in [5.74, 6) is -0.561. The molecule has 0 saturated heterocycles. The Hall–Kier alpha value is -3.60. The van der Waals surface area contributed by atoms with Crippen molar-refractivity contribution >= 4 is 17.5 Å². The highest BCUT2D eigenvalue weighted by atomic mass is 16.3. The lowest BCUT2D eigenvalue weighted by Crippen LogP contribution is -2.31. The van der Waals surface area contributed by atoms with Gasteiger partial charge >= 0.3 is 0 Å². The predicted molar refractivity (Wildman–Crippen MR) is 104 cm³/mol. The molecule has 3 aromatic rings. The van der Waals surface area contributed by atoms with Crippen LogP contribution in [0.15, 0.2) is 84.9 Å². The zero-order valence-electron chi connectivity index (χ0n) is 14.6. The molecule has 0 spiro atoms. The molecule has 0 aromatic heterocycles. The molecule has 0 aliphatic carbocycles. The average molecular weight is 360 g/mol. The van der Waals surface area contributed by atoms with Crippen molar-refractivity contribution in [3.05, 3.63) is 96.1 Å². The highest BCUT2D eigenvalue weighted by Gasteiger charge is 2.19. The number of rotatable bonds is 6. The van der Waals surface area contributed by atoms with Gasteiger partial charge in [-0.2, -0.15) is 0 Å². The summed E-state index contributed by atoms with van der Waals surface area (Å²) in [6.07, 6.45) is 0.0386. The first kappa shape index (κ1) is 18.2. The molecular formula is C22H20N2O3. The van der Waals surface area contributed by atoms with Gasteiger partial charge in [0.2, 0.25) is 5.91 Å². The molecule has 27 heavy (non-hydrogen) atoms. The van der Waals surface area contributed by atoms with Crippen LogP contribution in [0.5, 0.6) is 5.75 Å². The number of hydrogen-bond donors (Lipinski definition) is 3. The number of anilines is 1. The molecule has 5 nitrogen and oxygen atoms in total. The van der Waals surface area contributed by atoms with Gasteiger partial charge in [-0.3, -0.25) is 9.59 Å². The molecule has 1 unspecified atom stereocenters. The number of phenols is 1. The lowest BCUT2D eigenvalue weighted by molar-refractivity contribution is -0.116. The Bertz CT molecular complexity index is 911. The Labute approximate surface area is 157 Å². The van der Waals surface area contributed by atoms with Gasteiger partial charge in [-0.15, -0.1) is 0 Å². The molecule has 0 aliphatic rings. The fourth-order valence-corrected chi connectivity index (χ4v) is 2.73. The topological polar surface area (TPSA) is 78.4 Å². The number of nitrogens with one attached hydrogen (secondary N) is 2. The first-order valence-electron chi connectivity index (χ1n) is 8.62. The monoisotopic (exact) mass is 360 g/mol. The van der Waals surface area contributed by atoms with Crippen molar-refractivity contribution in [3.8, 4) is 5.75 Å². The van der Waals surface area contributed by atoms with E-state index in [-0.39, 0.29) is 24.0 Å². The summed E-state index contributed by atoms with van der Waals surface area (Å²) >= 11 is 0. The van der Waals surface area contributed by atoms with E-state index in [2.05, 4.69) is 10.6 Å². The van der Waals surface area contributed by atoms with E-state index in [1.165, 1.54) is 6.07 Å². The van der Waals surface area contributed by atoms with Crippen molar-refractivity contribution in [1.29, 1.82) is 0 Å². The highest BCUT2D eigenvalue weighted by Crippen LogP contribution is 2.23. The summed E-state index contributed by atoms with van der Waals surface area (Å²) in [5.41, 5.74) is 1.69. The van der Waals surface area contributed by atoms with Gasteiger partial charge in [-0.05, 0) is 29.8 Å². The minimum absolute atomic E-state index is 0.00423. The molecule has 2 amide bonds. The lowest BCUT2D eigenvalue weighted by atomic mass is 10.0. The normalized spacial score (nSPS) is 11.4. The van der Waals surface area contributed by atoms with E-state index in [1.807, 2.05) is 36.4 Å². The number of carbonyl (C=O) groups excluding carboxylic acids is 2. The molecule has 0 aliphatic heterocycles. The molecule has 3 rings (SSSR count). The molecule has 0 radical (unpaired) electrons. The van der Waals surface area contributed by atoms with Gasteiger partial charge < -0.3 is 15.7 Å². The number of phenolic OH excluding ortho intramolecular Hbond substituents is 1. The number of hydrogen-bond acceptors (Lipinski definition) is 3. The van der Waals surface area contributed by atoms with Gasteiger partial charge in [0.1, 0.15) is 5.75 Å². The summed E-state index contributed by atoms with van der Waals surface area (Å²) in [6.45, 7) is 0. The third-order valence-electron chi connectivity index (χ3n) is 4.11. The molecular weight excluding hydrogens is 340 g/mol. The minimum Gasteiger partial charge on any atom is -0.506 e. The molecule has 0 saturated carbocycles. The molecule has 1 atom stereocenters. The zero-order chi connectivity index (χ0) is 19.1. The third-order valence-corrected chi connectivity index (χ3v) is 4.11. The van der Waals surface area contributed by atoms with Crippen LogP contribution in [0.25, 0.3) is 0 Å². The van der Waals surface area contributed by atoms with E-state index >= 15 is 0 Å². The van der Waals surface area contributed by atoms with Crippen LogP contribution >= 0.6 is 0 Å². The van der Waals surface area contributed by atoms with Crippen LogP contribution in [0.4, 0.5) is 5.69 Å². The average Bonchev–Trinajstić information content (AvgIpc) is 2.70. The smallest absolute Gasteiger partial charge is 0.251 e. The SMILES string of the molecule is O=C(CC(NC(=O)c1ccccc1)c1ccccc1)Nc1ccccc1O. The van der Waals surface area contributed by atoms with Crippen molar-refractivity contribution in [2.45, 2.75) is 12.5 Å². The predicted octanol–water partition coefficient (Wildman–Crippen LogP) is 3.89. The van der Waals surface area contributed by atoms with Crippen LogP contribution in [0.1, 0.15) is 28.4 Å². The largest absolute Gasteiger partial charge is 0.506 e. The Kier molecular flexibility index (Phi) is 5.84. The summed E-state index contributed by atoms with van der Waals surface area (Å²) in [5, 5.41) is 15.4. The van der Waals surface area contributed by atoms with Gasteiger partial charge in [-0.25, -0.2) is 0 Å². The first-order valence-corrected chi connectivity index (χ1v) is 8.62. The molecule has 0 fully saturated rings. The van der Waals surface area contributed by atoms with Gasteiger partial charge in [0, 0.05) is 5.56 Å². The Morgan fingerprint density at radius 1 is 0.815 bits per heavy atom. The molecule has 0 heterocycles. The summed E-state index contributed by atoms with van der Waals surface area (Å²) in [4.78, 5) is 25.0. The Morgan fingerprint density at radius 3 is 2.07 bits per heavy atom. The fourth-order valence-electron chi connectivity index (χ4n) is 2.73. The number of benzene rings is 3. The van der Waals surface area contributed by atoms with E-state index in [4.69, 9.17) is 0 Å². The highest BCUT2D eigenvalue weighted by molar-refractivity contribution is 5.96. The standard InChI is InChI=1S/C22H20N2O3/c25-20-14-8-7-13-18(20)23-21(26)15-19(16-9-3-1-4-10-16)24-22(27)17-11-5-2-6-12-17/h1-14,19,25H,15H2,(H,23,26)(H,24,27). The maximum atomic E-state index is 12.5. The van der Waals surface area contributed by atoms with Crippen molar-refractivity contribution in [2.24, 2.45) is 0 Å².